The first-order valence-electron chi connectivity index (χ1n) is 6.22. The first-order chi connectivity index (χ1) is 8.58. The summed E-state index contributed by atoms with van der Waals surface area (Å²) in [6.07, 6.45) is 1.75. The number of ether oxygens (including phenoxy) is 2. The van der Waals surface area contributed by atoms with Crippen LogP contribution in [-0.4, -0.2) is 13.2 Å². The van der Waals surface area contributed by atoms with E-state index in [1.807, 2.05) is 38.1 Å². The Labute approximate surface area is 110 Å². The Hall–Kier alpha value is -1.70. The summed E-state index contributed by atoms with van der Waals surface area (Å²) >= 11 is 0. The molecule has 0 radical (unpaired) electrons. The summed E-state index contributed by atoms with van der Waals surface area (Å²) in [4.78, 5) is 0. The molecule has 18 heavy (non-hydrogen) atoms. The summed E-state index contributed by atoms with van der Waals surface area (Å²) in [5, 5.41) is 0. The van der Waals surface area contributed by atoms with E-state index >= 15 is 0 Å². The van der Waals surface area contributed by atoms with Crippen LogP contribution < -0.4 is 9.47 Å². The lowest BCUT2D eigenvalue weighted by Gasteiger charge is -2.09. The van der Waals surface area contributed by atoms with Gasteiger partial charge in [0.15, 0.2) is 0 Å². The van der Waals surface area contributed by atoms with Gasteiger partial charge in [-0.1, -0.05) is 17.2 Å². The Morgan fingerprint density at radius 3 is 1.78 bits per heavy atom. The third kappa shape index (κ3) is 6.14. The van der Waals surface area contributed by atoms with Crippen LogP contribution in [0.5, 0.6) is 11.5 Å². The highest BCUT2D eigenvalue weighted by Crippen LogP contribution is 2.20. The molecule has 0 saturated carbocycles. The Balaban J connectivity index is 2.41. The van der Waals surface area contributed by atoms with Gasteiger partial charge in [-0.2, -0.15) is 0 Å². The first kappa shape index (κ1) is 14.4. The first-order valence-corrected chi connectivity index (χ1v) is 6.22. The molecule has 98 valence electrons. The Morgan fingerprint density at radius 1 is 0.944 bits per heavy atom. The van der Waals surface area contributed by atoms with Crippen molar-refractivity contribution in [3.63, 3.8) is 0 Å². The summed E-state index contributed by atoms with van der Waals surface area (Å²) in [7, 11) is 0. The lowest BCUT2D eigenvalue weighted by atomic mass is 10.2. The van der Waals surface area contributed by atoms with Crippen LogP contribution in [0.15, 0.2) is 48.6 Å². The minimum Gasteiger partial charge on any atom is -0.493 e. The molecular formula is C16H22O2. The van der Waals surface area contributed by atoms with E-state index in [1.54, 1.807) is 0 Å². The van der Waals surface area contributed by atoms with Crippen molar-refractivity contribution in [1.29, 1.82) is 0 Å². The minimum absolute atomic E-state index is 0.657. The maximum Gasteiger partial charge on any atom is 0.122 e. The van der Waals surface area contributed by atoms with E-state index in [0.29, 0.717) is 13.2 Å². The molecule has 0 amide bonds. The van der Waals surface area contributed by atoms with E-state index < -0.39 is 0 Å². The zero-order valence-electron chi connectivity index (χ0n) is 11.4. The van der Waals surface area contributed by atoms with Crippen molar-refractivity contribution in [2.75, 3.05) is 13.2 Å². The van der Waals surface area contributed by atoms with E-state index in [0.717, 1.165) is 35.5 Å². The molecule has 1 aromatic rings. The molecular weight excluding hydrogens is 224 g/mol. The molecule has 2 nitrogen and oxygen atoms in total. The topological polar surface area (TPSA) is 18.5 Å². The largest absolute Gasteiger partial charge is 0.493 e. The zero-order valence-corrected chi connectivity index (χ0v) is 11.4. The van der Waals surface area contributed by atoms with Gasteiger partial charge in [0.2, 0.25) is 0 Å². The van der Waals surface area contributed by atoms with Gasteiger partial charge in [-0.15, -0.1) is 13.2 Å². The maximum atomic E-state index is 5.63. The molecule has 0 aromatic heterocycles. The molecule has 2 heteroatoms. The van der Waals surface area contributed by atoms with E-state index in [9.17, 15) is 0 Å². The predicted molar refractivity (Wildman–Crippen MR) is 76.3 cm³/mol. The van der Waals surface area contributed by atoms with Crippen molar-refractivity contribution in [2.45, 2.75) is 26.7 Å². The van der Waals surface area contributed by atoms with Crippen LogP contribution >= 0.6 is 0 Å². The Morgan fingerprint density at radius 2 is 1.39 bits per heavy atom. The SMILES string of the molecule is C=C(C)CCOc1cccc(OCCC(=C)C)c1. The van der Waals surface area contributed by atoms with Crippen molar-refractivity contribution in [2.24, 2.45) is 0 Å². The highest BCUT2D eigenvalue weighted by molar-refractivity contribution is 5.32. The standard InChI is InChI=1S/C16H22O2/c1-13(2)8-10-17-15-6-5-7-16(12-15)18-11-9-14(3)4/h5-7,12H,1,3,8-11H2,2,4H3. The molecule has 0 atom stereocenters. The molecule has 0 saturated heterocycles. The fourth-order valence-electron chi connectivity index (χ4n) is 1.34. The van der Waals surface area contributed by atoms with Gasteiger partial charge in [0, 0.05) is 18.9 Å². The molecule has 1 rings (SSSR count). The van der Waals surface area contributed by atoms with Gasteiger partial charge in [-0.3, -0.25) is 0 Å². The third-order valence-corrected chi connectivity index (χ3v) is 2.40. The van der Waals surface area contributed by atoms with E-state index in [4.69, 9.17) is 9.47 Å². The van der Waals surface area contributed by atoms with Gasteiger partial charge in [-0.25, -0.2) is 0 Å². The second kappa shape index (κ2) is 7.59. The van der Waals surface area contributed by atoms with E-state index in [-0.39, 0.29) is 0 Å². The Kier molecular flexibility index (Phi) is 6.06. The molecule has 0 N–H and O–H groups in total. The van der Waals surface area contributed by atoms with Crippen molar-refractivity contribution in [1.82, 2.24) is 0 Å². The Bertz CT molecular complexity index is 372. The highest BCUT2D eigenvalue weighted by Gasteiger charge is 1.98. The van der Waals surface area contributed by atoms with E-state index in [1.165, 1.54) is 0 Å². The quantitative estimate of drug-likeness (QED) is 0.634. The van der Waals surface area contributed by atoms with Gasteiger partial charge in [0.1, 0.15) is 11.5 Å². The van der Waals surface area contributed by atoms with Gasteiger partial charge in [-0.05, 0) is 26.0 Å². The average molecular weight is 246 g/mol. The molecule has 0 aliphatic carbocycles. The molecule has 1 aromatic carbocycles. The van der Waals surface area contributed by atoms with Crippen LogP contribution in [0.25, 0.3) is 0 Å². The second-order valence-corrected chi connectivity index (χ2v) is 4.59. The van der Waals surface area contributed by atoms with Gasteiger partial charge in [0.25, 0.3) is 0 Å². The van der Waals surface area contributed by atoms with Crippen LogP contribution in [0.1, 0.15) is 26.7 Å². The molecule has 0 heterocycles. The third-order valence-electron chi connectivity index (χ3n) is 2.40. The van der Waals surface area contributed by atoms with Crippen LogP contribution in [0.4, 0.5) is 0 Å². The molecule has 0 aliphatic rings. The fourth-order valence-corrected chi connectivity index (χ4v) is 1.34. The summed E-state index contributed by atoms with van der Waals surface area (Å²) in [6, 6.07) is 7.72. The van der Waals surface area contributed by atoms with Crippen molar-refractivity contribution >= 4 is 0 Å². The predicted octanol–water partition coefficient (Wildman–Crippen LogP) is 4.38. The normalized spacial score (nSPS) is 9.89. The van der Waals surface area contributed by atoms with Crippen molar-refractivity contribution in [3.8, 4) is 11.5 Å². The van der Waals surface area contributed by atoms with Crippen molar-refractivity contribution < 1.29 is 9.47 Å². The average Bonchev–Trinajstić information content (AvgIpc) is 2.28. The molecule has 0 fully saturated rings. The highest BCUT2D eigenvalue weighted by atomic mass is 16.5. The van der Waals surface area contributed by atoms with Gasteiger partial charge < -0.3 is 9.47 Å². The fraction of sp³-hybridized carbons (Fsp3) is 0.375. The van der Waals surface area contributed by atoms with Crippen LogP contribution in [0, 0.1) is 0 Å². The summed E-state index contributed by atoms with van der Waals surface area (Å²) < 4.78 is 11.3. The number of hydrogen-bond donors (Lipinski definition) is 0. The number of benzene rings is 1. The molecule has 0 unspecified atom stereocenters. The van der Waals surface area contributed by atoms with Crippen LogP contribution in [-0.2, 0) is 0 Å². The lowest BCUT2D eigenvalue weighted by molar-refractivity contribution is 0.306. The number of hydrogen-bond acceptors (Lipinski definition) is 2. The molecule has 0 bridgehead atoms. The number of rotatable bonds is 8. The van der Waals surface area contributed by atoms with Gasteiger partial charge in [0.05, 0.1) is 13.2 Å². The summed E-state index contributed by atoms with van der Waals surface area (Å²) in [6.45, 7) is 13.0. The summed E-state index contributed by atoms with van der Waals surface area (Å²) in [5.74, 6) is 1.67. The monoisotopic (exact) mass is 246 g/mol. The van der Waals surface area contributed by atoms with Crippen molar-refractivity contribution in [3.05, 3.63) is 48.6 Å². The summed E-state index contributed by atoms with van der Waals surface area (Å²) in [5.41, 5.74) is 2.26. The van der Waals surface area contributed by atoms with E-state index in [2.05, 4.69) is 13.2 Å². The van der Waals surface area contributed by atoms with Crippen LogP contribution in [0.3, 0.4) is 0 Å². The second-order valence-electron chi connectivity index (χ2n) is 4.59. The zero-order chi connectivity index (χ0) is 13.4. The molecule has 0 aliphatic heterocycles. The smallest absolute Gasteiger partial charge is 0.122 e. The van der Waals surface area contributed by atoms with Crippen LogP contribution in [0.2, 0.25) is 0 Å². The maximum absolute atomic E-state index is 5.63. The van der Waals surface area contributed by atoms with Gasteiger partial charge >= 0.3 is 0 Å². The minimum atomic E-state index is 0.657. The molecule has 0 spiro atoms. The lowest BCUT2D eigenvalue weighted by Crippen LogP contribution is -2.00.